The van der Waals surface area contributed by atoms with Gasteiger partial charge >= 0.3 is 0 Å². The molecule has 0 aliphatic carbocycles. The van der Waals surface area contributed by atoms with E-state index < -0.39 is 0 Å². The zero-order valence-corrected chi connectivity index (χ0v) is 18.0. The fourth-order valence-electron chi connectivity index (χ4n) is 4.29. The van der Waals surface area contributed by atoms with Crippen LogP contribution in [0.3, 0.4) is 0 Å². The number of carbonyl (C=O) groups is 1. The van der Waals surface area contributed by atoms with Crippen molar-refractivity contribution in [1.29, 1.82) is 0 Å². The summed E-state index contributed by atoms with van der Waals surface area (Å²) in [7, 11) is 0. The zero-order chi connectivity index (χ0) is 20.9. The third-order valence-corrected chi connectivity index (χ3v) is 6.01. The highest BCUT2D eigenvalue weighted by atomic mass is 16.5. The van der Waals surface area contributed by atoms with E-state index in [9.17, 15) is 4.79 Å². The van der Waals surface area contributed by atoms with E-state index >= 15 is 0 Å². The van der Waals surface area contributed by atoms with Gasteiger partial charge in [0.05, 0.1) is 36.7 Å². The van der Waals surface area contributed by atoms with Crippen molar-refractivity contribution in [3.63, 3.8) is 0 Å². The summed E-state index contributed by atoms with van der Waals surface area (Å²) >= 11 is 0. The number of aromatic nitrogens is 3. The van der Waals surface area contributed by atoms with Crippen molar-refractivity contribution in [3.8, 4) is 11.3 Å². The Kier molecular flexibility index (Phi) is 6.74. The van der Waals surface area contributed by atoms with Crippen LogP contribution in [-0.4, -0.2) is 76.8 Å². The predicted octanol–water partition coefficient (Wildman–Crippen LogP) is 2.43. The molecule has 162 valence electrons. The molecule has 30 heavy (non-hydrogen) atoms. The second-order valence-electron chi connectivity index (χ2n) is 8.17. The fraction of sp³-hybridized carbons (Fsp3) is 0.636. The van der Waals surface area contributed by atoms with Crippen LogP contribution < -0.4 is 0 Å². The van der Waals surface area contributed by atoms with Crippen molar-refractivity contribution in [2.75, 3.05) is 45.9 Å². The summed E-state index contributed by atoms with van der Waals surface area (Å²) in [5.74, 6) is 2.12. The SMILES string of the molecule is CCc1ncc(-c2cc(C)no2)c(C2CCCN(CC(=O)N3CCOCC3)CC2)n1. The third-order valence-electron chi connectivity index (χ3n) is 6.01. The Morgan fingerprint density at radius 2 is 2.03 bits per heavy atom. The van der Waals surface area contributed by atoms with Crippen LogP contribution in [0, 0.1) is 6.92 Å². The highest BCUT2D eigenvalue weighted by Gasteiger charge is 2.26. The van der Waals surface area contributed by atoms with E-state index in [1.807, 2.05) is 24.1 Å². The predicted molar refractivity (Wildman–Crippen MR) is 112 cm³/mol. The largest absolute Gasteiger partial charge is 0.378 e. The average molecular weight is 414 g/mol. The van der Waals surface area contributed by atoms with Crippen molar-refractivity contribution in [3.05, 3.63) is 29.5 Å². The molecule has 2 aliphatic rings. The topological polar surface area (TPSA) is 84.6 Å². The van der Waals surface area contributed by atoms with Crippen LogP contribution in [0.25, 0.3) is 11.3 Å². The average Bonchev–Trinajstić information content (AvgIpc) is 3.08. The first-order chi connectivity index (χ1) is 14.6. The maximum absolute atomic E-state index is 12.6. The summed E-state index contributed by atoms with van der Waals surface area (Å²) in [5, 5.41) is 4.04. The Hall–Kier alpha value is -2.32. The second kappa shape index (κ2) is 9.66. The van der Waals surface area contributed by atoms with Gasteiger partial charge in [0.15, 0.2) is 5.76 Å². The summed E-state index contributed by atoms with van der Waals surface area (Å²) in [6, 6.07) is 1.94. The van der Waals surface area contributed by atoms with Crippen LogP contribution in [0.1, 0.15) is 49.3 Å². The van der Waals surface area contributed by atoms with Crippen LogP contribution in [-0.2, 0) is 16.0 Å². The minimum absolute atomic E-state index is 0.213. The maximum atomic E-state index is 12.6. The van der Waals surface area contributed by atoms with Gasteiger partial charge in [-0.25, -0.2) is 9.97 Å². The molecular weight excluding hydrogens is 382 g/mol. The number of ether oxygens (including phenoxy) is 1. The van der Waals surface area contributed by atoms with Gasteiger partial charge in [-0.05, 0) is 39.3 Å². The van der Waals surface area contributed by atoms with Gasteiger partial charge in [0.25, 0.3) is 0 Å². The summed E-state index contributed by atoms with van der Waals surface area (Å²) < 4.78 is 10.9. The number of nitrogens with zero attached hydrogens (tertiary/aromatic N) is 5. The van der Waals surface area contributed by atoms with E-state index in [-0.39, 0.29) is 5.91 Å². The van der Waals surface area contributed by atoms with Crippen LogP contribution in [0.5, 0.6) is 0 Å². The molecule has 0 spiro atoms. The van der Waals surface area contributed by atoms with E-state index in [1.54, 1.807) is 0 Å². The quantitative estimate of drug-likeness (QED) is 0.744. The number of morpholine rings is 1. The van der Waals surface area contributed by atoms with Gasteiger partial charge in [-0.2, -0.15) is 0 Å². The number of rotatable bonds is 5. The van der Waals surface area contributed by atoms with Crippen LogP contribution in [0.2, 0.25) is 0 Å². The van der Waals surface area contributed by atoms with Crippen molar-refractivity contribution < 1.29 is 14.1 Å². The molecule has 1 atom stereocenters. The number of hydrogen-bond donors (Lipinski definition) is 0. The molecule has 2 aromatic rings. The summed E-state index contributed by atoms with van der Waals surface area (Å²) in [6.07, 6.45) is 5.74. The summed E-state index contributed by atoms with van der Waals surface area (Å²) in [4.78, 5) is 26.3. The Balaban J connectivity index is 1.46. The Morgan fingerprint density at radius 1 is 1.20 bits per heavy atom. The van der Waals surface area contributed by atoms with Crippen molar-refractivity contribution in [2.45, 2.75) is 45.4 Å². The molecule has 4 heterocycles. The van der Waals surface area contributed by atoms with Crippen molar-refractivity contribution >= 4 is 5.91 Å². The zero-order valence-electron chi connectivity index (χ0n) is 18.0. The number of carbonyl (C=O) groups excluding carboxylic acids is 1. The van der Waals surface area contributed by atoms with Crippen molar-refractivity contribution in [1.82, 2.24) is 24.9 Å². The molecule has 4 rings (SSSR count). The minimum Gasteiger partial charge on any atom is -0.378 e. The molecule has 2 aromatic heterocycles. The molecule has 1 amide bonds. The second-order valence-corrected chi connectivity index (χ2v) is 8.17. The van der Waals surface area contributed by atoms with Gasteiger partial charge in [-0.3, -0.25) is 9.69 Å². The number of hydrogen-bond acceptors (Lipinski definition) is 7. The highest BCUT2D eigenvalue weighted by molar-refractivity contribution is 5.78. The van der Waals surface area contributed by atoms with Crippen molar-refractivity contribution in [2.24, 2.45) is 0 Å². The molecule has 8 heteroatoms. The van der Waals surface area contributed by atoms with Crippen LogP contribution >= 0.6 is 0 Å². The third kappa shape index (κ3) is 4.87. The monoisotopic (exact) mass is 413 g/mol. The summed E-state index contributed by atoms with van der Waals surface area (Å²) in [6.45, 7) is 9.01. The molecule has 0 bridgehead atoms. The molecule has 1 unspecified atom stereocenters. The summed E-state index contributed by atoms with van der Waals surface area (Å²) in [5.41, 5.74) is 2.85. The number of likely N-dealkylation sites (tertiary alicyclic amines) is 1. The molecule has 0 N–H and O–H groups in total. The first kappa shape index (κ1) is 20.9. The lowest BCUT2D eigenvalue weighted by Gasteiger charge is -2.29. The van der Waals surface area contributed by atoms with Gasteiger partial charge in [0, 0.05) is 37.7 Å². The van der Waals surface area contributed by atoms with Gasteiger partial charge in [-0.1, -0.05) is 12.1 Å². The fourth-order valence-corrected chi connectivity index (χ4v) is 4.29. The van der Waals surface area contributed by atoms with E-state index in [2.05, 4.69) is 22.0 Å². The Morgan fingerprint density at radius 3 is 2.77 bits per heavy atom. The normalized spacial score (nSPS) is 20.9. The van der Waals surface area contributed by atoms with E-state index in [0.29, 0.717) is 38.8 Å². The standard InChI is InChI=1S/C22H31N5O3/c1-3-20-23-14-18(19-13-16(2)25-30-19)22(24-20)17-5-4-7-26(8-6-17)15-21(28)27-9-11-29-12-10-27/h13-14,17H,3-12,15H2,1-2H3. The molecule has 2 saturated heterocycles. The lowest BCUT2D eigenvalue weighted by Crippen LogP contribution is -2.46. The Bertz CT molecular complexity index is 862. The number of amides is 1. The number of aryl methyl sites for hydroxylation is 2. The van der Waals surface area contributed by atoms with Crippen LogP contribution in [0.15, 0.2) is 16.8 Å². The Labute approximate surface area is 177 Å². The van der Waals surface area contributed by atoms with E-state index in [4.69, 9.17) is 14.2 Å². The van der Waals surface area contributed by atoms with Gasteiger partial charge in [0.2, 0.25) is 5.91 Å². The van der Waals surface area contributed by atoms with Gasteiger partial charge in [-0.15, -0.1) is 0 Å². The molecule has 0 radical (unpaired) electrons. The van der Waals surface area contributed by atoms with Gasteiger partial charge in [0.1, 0.15) is 5.82 Å². The van der Waals surface area contributed by atoms with Gasteiger partial charge < -0.3 is 14.2 Å². The molecule has 2 aliphatic heterocycles. The molecular formula is C22H31N5O3. The lowest BCUT2D eigenvalue weighted by molar-refractivity contribution is -0.136. The highest BCUT2D eigenvalue weighted by Crippen LogP contribution is 2.34. The van der Waals surface area contributed by atoms with E-state index in [0.717, 1.165) is 67.3 Å². The molecule has 2 fully saturated rings. The minimum atomic E-state index is 0.213. The molecule has 0 saturated carbocycles. The van der Waals surface area contributed by atoms with E-state index in [1.165, 1.54) is 0 Å². The first-order valence-corrected chi connectivity index (χ1v) is 11.0. The lowest BCUT2D eigenvalue weighted by atomic mass is 9.92. The molecule has 8 nitrogen and oxygen atoms in total. The molecule has 0 aromatic carbocycles. The maximum Gasteiger partial charge on any atom is 0.236 e. The first-order valence-electron chi connectivity index (χ1n) is 11.0. The smallest absolute Gasteiger partial charge is 0.236 e. The van der Waals surface area contributed by atoms with Crippen LogP contribution in [0.4, 0.5) is 0 Å².